The highest BCUT2D eigenvalue weighted by Crippen LogP contribution is 2.27. The average molecular weight is 378 g/mol. The van der Waals surface area contributed by atoms with E-state index in [0.717, 1.165) is 11.1 Å². The number of aryl methyl sites for hydroxylation is 2. The van der Waals surface area contributed by atoms with Crippen molar-refractivity contribution >= 4 is 11.4 Å². The van der Waals surface area contributed by atoms with E-state index in [1.165, 1.54) is 17.2 Å². The summed E-state index contributed by atoms with van der Waals surface area (Å²) >= 11 is 0. The molecule has 0 heterocycles. The quantitative estimate of drug-likeness (QED) is 0.513. The summed E-state index contributed by atoms with van der Waals surface area (Å²) in [6.45, 7) is 4.60. The Balaban J connectivity index is 1.72. The molecule has 0 fully saturated rings. The maximum absolute atomic E-state index is 14.5. The molecule has 3 aromatic rings. The van der Waals surface area contributed by atoms with Gasteiger partial charge < -0.3 is 15.7 Å². The SMILES string of the molecule is Cc1ccc(CNc2cccc(F)c2N[C@H](CO)Cc2ccc(C)cc2)cc1. The highest BCUT2D eigenvalue weighted by atomic mass is 19.1. The van der Waals surface area contributed by atoms with E-state index in [1.807, 2.05) is 37.3 Å². The van der Waals surface area contributed by atoms with Crippen LogP contribution in [0, 0.1) is 19.7 Å². The van der Waals surface area contributed by atoms with Crippen LogP contribution in [0.1, 0.15) is 22.3 Å². The molecule has 0 spiro atoms. The van der Waals surface area contributed by atoms with Crippen LogP contribution in [0.15, 0.2) is 66.7 Å². The predicted molar refractivity (Wildman–Crippen MR) is 114 cm³/mol. The molecule has 0 aliphatic heterocycles. The van der Waals surface area contributed by atoms with Crippen LogP contribution in [0.2, 0.25) is 0 Å². The summed E-state index contributed by atoms with van der Waals surface area (Å²) in [5, 5.41) is 16.3. The Labute approximate surface area is 166 Å². The topological polar surface area (TPSA) is 44.3 Å². The van der Waals surface area contributed by atoms with Gasteiger partial charge in [0.05, 0.1) is 24.0 Å². The van der Waals surface area contributed by atoms with Crippen LogP contribution in [-0.4, -0.2) is 17.8 Å². The second-order valence-electron chi connectivity index (χ2n) is 7.22. The van der Waals surface area contributed by atoms with Crippen molar-refractivity contribution in [3.63, 3.8) is 0 Å². The van der Waals surface area contributed by atoms with Gasteiger partial charge in [-0.15, -0.1) is 0 Å². The number of halogens is 1. The van der Waals surface area contributed by atoms with Crippen LogP contribution >= 0.6 is 0 Å². The molecule has 0 aliphatic carbocycles. The van der Waals surface area contributed by atoms with E-state index in [2.05, 4.69) is 41.8 Å². The molecule has 0 saturated heterocycles. The Bertz CT molecular complexity index is 891. The summed E-state index contributed by atoms with van der Waals surface area (Å²) in [7, 11) is 0. The Kier molecular flexibility index (Phi) is 6.66. The van der Waals surface area contributed by atoms with Crippen molar-refractivity contribution in [3.05, 3.63) is 94.8 Å². The third kappa shape index (κ3) is 5.33. The molecule has 3 N–H and O–H groups in total. The molecule has 0 aliphatic rings. The van der Waals surface area contributed by atoms with Crippen LogP contribution in [0.5, 0.6) is 0 Å². The first-order valence-electron chi connectivity index (χ1n) is 9.56. The van der Waals surface area contributed by atoms with Gasteiger partial charge in [0.25, 0.3) is 0 Å². The minimum absolute atomic E-state index is 0.0837. The lowest BCUT2D eigenvalue weighted by Crippen LogP contribution is -2.27. The second kappa shape index (κ2) is 9.38. The van der Waals surface area contributed by atoms with Gasteiger partial charge in [-0.1, -0.05) is 65.7 Å². The highest BCUT2D eigenvalue weighted by molar-refractivity contribution is 5.70. The van der Waals surface area contributed by atoms with Gasteiger partial charge >= 0.3 is 0 Å². The molecule has 3 aromatic carbocycles. The first kappa shape index (κ1) is 19.9. The maximum Gasteiger partial charge on any atom is 0.148 e. The van der Waals surface area contributed by atoms with E-state index in [1.54, 1.807) is 6.07 Å². The zero-order chi connectivity index (χ0) is 19.9. The minimum atomic E-state index is -0.337. The number of hydrogen-bond acceptors (Lipinski definition) is 3. The molecule has 4 heteroatoms. The van der Waals surface area contributed by atoms with Gasteiger partial charge in [-0.2, -0.15) is 0 Å². The van der Waals surface area contributed by atoms with E-state index in [0.29, 0.717) is 24.3 Å². The van der Waals surface area contributed by atoms with Crippen molar-refractivity contribution in [2.24, 2.45) is 0 Å². The number of para-hydroxylation sites is 1. The van der Waals surface area contributed by atoms with E-state index in [4.69, 9.17) is 0 Å². The molecule has 3 nitrogen and oxygen atoms in total. The van der Waals surface area contributed by atoms with Crippen molar-refractivity contribution in [2.45, 2.75) is 32.9 Å². The Morgan fingerprint density at radius 1 is 0.857 bits per heavy atom. The average Bonchev–Trinajstić information content (AvgIpc) is 2.70. The van der Waals surface area contributed by atoms with Gasteiger partial charge in [0.2, 0.25) is 0 Å². The lowest BCUT2D eigenvalue weighted by molar-refractivity contribution is 0.273. The van der Waals surface area contributed by atoms with Gasteiger partial charge in [-0.3, -0.25) is 0 Å². The number of hydrogen-bond donors (Lipinski definition) is 3. The molecule has 146 valence electrons. The Hall–Kier alpha value is -2.85. The lowest BCUT2D eigenvalue weighted by Gasteiger charge is -2.21. The van der Waals surface area contributed by atoms with Crippen molar-refractivity contribution in [1.29, 1.82) is 0 Å². The minimum Gasteiger partial charge on any atom is -0.394 e. The predicted octanol–water partition coefficient (Wildman–Crippen LogP) is 5.07. The zero-order valence-corrected chi connectivity index (χ0v) is 16.4. The second-order valence-corrected chi connectivity index (χ2v) is 7.22. The van der Waals surface area contributed by atoms with Gasteiger partial charge in [0.15, 0.2) is 0 Å². The Morgan fingerprint density at radius 2 is 1.46 bits per heavy atom. The number of rotatable bonds is 8. The summed E-state index contributed by atoms with van der Waals surface area (Å²) in [5.74, 6) is -0.337. The summed E-state index contributed by atoms with van der Waals surface area (Å²) in [6.07, 6.45) is 0.614. The van der Waals surface area contributed by atoms with Gasteiger partial charge in [0.1, 0.15) is 5.82 Å². The molecule has 0 radical (unpaired) electrons. The summed E-state index contributed by atoms with van der Waals surface area (Å²) in [6, 6.07) is 21.1. The molecule has 0 bridgehead atoms. The number of aliphatic hydroxyl groups excluding tert-OH is 1. The number of aliphatic hydroxyl groups is 1. The molecule has 0 aromatic heterocycles. The van der Waals surface area contributed by atoms with E-state index < -0.39 is 0 Å². The normalized spacial score (nSPS) is 11.9. The molecule has 28 heavy (non-hydrogen) atoms. The fourth-order valence-corrected chi connectivity index (χ4v) is 3.10. The van der Waals surface area contributed by atoms with Crippen LogP contribution in [-0.2, 0) is 13.0 Å². The maximum atomic E-state index is 14.5. The first-order valence-corrected chi connectivity index (χ1v) is 9.56. The standard InChI is InChI=1S/C24H27FN2O/c1-17-6-10-19(11-7-17)14-21(16-28)27-24-22(25)4-3-5-23(24)26-15-20-12-8-18(2)9-13-20/h3-13,21,26-28H,14-16H2,1-2H3/t21-/m0/s1. The van der Waals surface area contributed by atoms with Crippen molar-refractivity contribution in [3.8, 4) is 0 Å². The van der Waals surface area contributed by atoms with Crippen LogP contribution in [0.25, 0.3) is 0 Å². The summed E-state index contributed by atoms with van der Waals surface area (Å²) in [5.41, 5.74) is 5.69. The first-order chi connectivity index (χ1) is 13.5. The third-order valence-electron chi connectivity index (χ3n) is 4.79. The van der Waals surface area contributed by atoms with E-state index in [-0.39, 0.29) is 18.5 Å². The number of nitrogens with one attached hydrogen (secondary N) is 2. The van der Waals surface area contributed by atoms with Gasteiger partial charge in [-0.05, 0) is 43.5 Å². The highest BCUT2D eigenvalue weighted by Gasteiger charge is 2.14. The molecule has 3 rings (SSSR count). The van der Waals surface area contributed by atoms with Crippen LogP contribution in [0.3, 0.4) is 0 Å². The van der Waals surface area contributed by atoms with Crippen LogP contribution < -0.4 is 10.6 Å². The van der Waals surface area contributed by atoms with Gasteiger partial charge in [-0.25, -0.2) is 4.39 Å². The molecule has 0 unspecified atom stereocenters. The van der Waals surface area contributed by atoms with Crippen molar-refractivity contribution in [1.82, 2.24) is 0 Å². The van der Waals surface area contributed by atoms with E-state index >= 15 is 0 Å². The fraction of sp³-hybridized carbons (Fsp3) is 0.250. The molecule has 1 atom stereocenters. The van der Waals surface area contributed by atoms with Crippen LogP contribution in [0.4, 0.5) is 15.8 Å². The molecule has 0 saturated carbocycles. The summed E-state index contributed by atoms with van der Waals surface area (Å²) < 4.78 is 14.5. The number of benzene rings is 3. The zero-order valence-electron chi connectivity index (χ0n) is 16.4. The third-order valence-corrected chi connectivity index (χ3v) is 4.79. The lowest BCUT2D eigenvalue weighted by atomic mass is 10.0. The molecule has 0 amide bonds. The van der Waals surface area contributed by atoms with Gasteiger partial charge in [0, 0.05) is 6.54 Å². The van der Waals surface area contributed by atoms with Crippen molar-refractivity contribution < 1.29 is 9.50 Å². The van der Waals surface area contributed by atoms with Crippen molar-refractivity contribution in [2.75, 3.05) is 17.2 Å². The molecular formula is C24H27FN2O. The number of anilines is 2. The Morgan fingerprint density at radius 3 is 2.07 bits per heavy atom. The largest absolute Gasteiger partial charge is 0.394 e. The summed E-state index contributed by atoms with van der Waals surface area (Å²) in [4.78, 5) is 0. The van der Waals surface area contributed by atoms with E-state index in [9.17, 15) is 9.50 Å². The monoisotopic (exact) mass is 378 g/mol. The smallest absolute Gasteiger partial charge is 0.148 e. The molecular weight excluding hydrogens is 351 g/mol. The fourth-order valence-electron chi connectivity index (χ4n) is 3.10.